The van der Waals surface area contributed by atoms with E-state index in [4.69, 9.17) is 0 Å². The van der Waals surface area contributed by atoms with Crippen LogP contribution in [0.1, 0.15) is 21.7 Å². The van der Waals surface area contributed by atoms with Gasteiger partial charge in [-0.3, -0.25) is 9.78 Å². The van der Waals surface area contributed by atoms with Crippen molar-refractivity contribution in [2.75, 3.05) is 18.9 Å². The maximum atomic E-state index is 12.4. The fraction of sp³-hybridized carbons (Fsp3) is 0.312. The fourth-order valence-corrected chi connectivity index (χ4v) is 3.85. The number of rotatable bonds is 3. The summed E-state index contributed by atoms with van der Waals surface area (Å²) < 4.78 is 0. The second-order valence-electron chi connectivity index (χ2n) is 5.13. The summed E-state index contributed by atoms with van der Waals surface area (Å²) in [4.78, 5) is 19.6. The van der Waals surface area contributed by atoms with Crippen LogP contribution in [0.5, 0.6) is 0 Å². The number of hydrogen-bond donors (Lipinski definition) is 1. The van der Waals surface area contributed by atoms with Gasteiger partial charge in [0.25, 0.3) is 0 Å². The summed E-state index contributed by atoms with van der Waals surface area (Å²) in [6.07, 6.45) is 2.77. The van der Waals surface area contributed by atoms with Crippen molar-refractivity contribution in [3.05, 3.63) is 46.1 Å². The molecule has 6 heteroatoms. The number of thiophene rings is 1. The number of carbonyl (C=O) groups is 1. The number of hydrogen-bond acceptors (Lipinski definition) is 5. The zero-order valence-electron chi connectivity index (χ0n) is 12.3. The van der Waals surface area contributed by atoms with Crippen molar-refractivity contribution in [3.8, 4) is 6.07 Å². The van der Waals surface area contributed by atoms with Gasteiger partial charge in [-0.25, -0.2) is 0 Å². The normalized spacial score (nSPS) is 13.4. The highest BCUT2D eigenvalue weighted by Gasteiger charge is 2.26. The van der Waals surface area contributed by atoms with Crippen LogP contribution in [0.25, 0.3) is 0 Å². The van der Waals surface area contributed by atoms with Crippen LogP contribution in [0.3, 0.4) is 0 Å². The second kappa shape index (κ2) is 6.16. The van der Waals surface area contributed by atoms with Crippen molar-refractivity contribution in [3.63, 3.8) is 0 Å². The number of pyridine rings is 1. The van der Waals surface area contributed by atoms with Crippen LogP contribution in [0, 0.1) is 11.3 Å². The van der Waals surface area contributed by atoms with Gasteiger partial charge in [-0.05, 0) is 24.1 Å². The number of fused-ring (bicyclic) bond motifs is 1. The Morgan fingerprint density at radius 3 is 3.09 bits per heavy atom. The van der Waals surface area contributed by atoms with E-state index in [0.29, 0.717) is 19.5 Å². The minimum Gasteiger partial charge on any atom is -0.379 e. The van der Waals surface area contributed by atoms with E-state index < -0.39 is 0 Å². The zero-order valence-corrected chi connectivity index (χ0v) is 13.1. The van der Waals surface area contributed by atoms with Crippen LogP contribution in [-0.2, 0) is 24.2 Å². The molecule has 1 aliphatic heterocycles. The molecule has 0 aromatic carbocycles. The van der Waals surface area contributed by atoms with Crippen LogP contribution in [0.4, 0.5) is 5.00 Å². The Hall–Kier alpha value is -2.39. The molecule has 0 aliphatic carbocycles. The molecule has 0 radical (unpaired) electrons. The van der Waals surface area contributed by atoms with Gasteiger partial charge in [0, 0.05) is 30.4 Å². The summed E-state index contributed by atoms with van der Waals surface area (Å²) in [5.74, 6) is 0.0854. The van der Waals surface area contributed by atoms with Crippen molar-refractivity contribution in [1.82, 2.24) is 9.88 Å². The van der Waals surface area contributed by atoms with E-state index in [2.05, 4.69) is 16.4 Å². The number of nitrogens with zero attached hydrogens (tertiary/aromatic N) is 3. The molecule has 5 nitrogen and oxygen atoms in total. The Morgan fingerprint density at radius 2 is 2.41 bits per heavy atom. The lowest BCUT2D eigenvalue weighted by molar-refractivity contribution is -0.131. The van der Waals surface area contributed by atoms with Crippen molar-refractivity contribution >= 4 is 22.2 Å². The SMILES string of the molecule is CNc1sc2c(c1C#N)CCN(C(=O)Cc1ccccn1)C2. The van der Waals surface area contributed by atoms with E-state index in [1.165, 1.54) is 0 Å². The lowest BCUT2D eigenvalue weighted by Gasteiger charge is -2.27. The van der Waals surface area contributed by atoms with Crippen molar-refractivity contribution in [2.24, 2.45) is 0 Å². The Bertz CT molecular complexity index is 733. The molecule has 0 bridgehead atoms. The minimum absolute atomic E-state index is 0.0854. The quantitative estimate of drug-likeness (QED) is 0.943. The van der Waals surface area contributed by atoms with Gasteiger partial charge in [-0.2, -0.15) is 5.26 Å². The van der Waals surface area contributed by atoms with Gasteiger partial charge < -0.3 is 10.2 Å². The van der Waals surface area contributed by atoms with Crippen molar-refractivity contribution < 1.29 is 4.79 Å². The smallest absolute Gasteiger partial charge is 0.228 e. The van der Waals surface area contributed by atoms with Gasteiger partial charge >= 0.3 is 0 Å². The minimum atomic E-state index is 0.0854. The lowest BCUT2D eigenvalue weighted by Crippen LogP contribution is -2.36. The summed E-state index contributed by atoms with van der Waals surface area (Å²) in [6.45, 7) is 1.25. The highest BCUT2D eigenvalue weighted by atomic mass is 32.1. The molecular weight excluding hydrogens is 296 g/mol. The first-order chi connectivity index (χ1) is 10.7. The van der Waals surface area contributed by atoms with Gasteiger partial charge in [0.1, 0.15) is 11.1 Å². The first-order valence-corrected chi connectivity index (χ1v) is 7.94. The number of carbonyl (C=O) groups excluding carboxylic acids is 1. The van der Waals surface area contributed by atoms with Crippen molar-refractivity contribution in [2.45, 2.75) is 19.4 Å². The summed E-state index contributed by atoms with van der Waals surface area (Å²) in [5, 5.41) is 13.3. The van der Waals surface area contributed by atoms with Gasteiger partial charge in [0.2, 0.25) is 5.91 Å². The Morgan fingerprint density at radius 1 is 1.55 bits per heavy atom. The van der Waals surface area contributed by atoms with Crippen LogP contribution in [-0.4, -0.2) is 29.4 Å². The summed E-state index contributed by atoms with van der Waals surface area (Å²) in [6, 6.07) is 7.87. The Kier molecular flexibility index (Phi) is 4.07. The van der Waals surface area contributed by atoms with Gasteiger partial charge in [0.05, 0.1) is 18.5 Å². The highest BCUT2D eigenvalue weighted by molar-refractivity contribution is 7.16. The molecule has 0 atom stereocenters. The molecule has 3 heterocycles. The summed E-state index contributed by atoms with van der Waals surface area (Å²) in [5.41, 5.74) is 2.62. The van der Waals surface area contributed by atoms with Gasteiger partial charge in [-0.1, -0.05) is 6.07 Å². The van der Waals surface area contributed by atoms with Crippen LogP contribution in [0.2, 0.25) is 0 Å². The number of aromatic nitrogens is 1. The van der Waals surface area contributed by atoms with E-state index >= 15 is 0 Å². The van der Waals surface area contributed by atoms with Crippen LogP contribution >= 0.6 is 11.3 Å². The Balaban J connectivity index is 1.76. The van der Waals surface area contributed by atoms with E-state index in [0.717, 1.165) is 33.1 Å². The first-order valence-electron chi connectivity index (χ1n) is 7.13. The number of nitrogens with one attached hydrogen (secondary N) is 1. The third-order valence-electron chi connectivity index (χ3n) is 3.81. The summed E-state index contributed by atoms with van der Waals surface area (Å²) in [7, 11) is 1.82. The molecule has 0 fully saturated rings. The average molecular weight is 312 g/mol. The molecule has 2 aromatic rings. The number of anilines is 1. The van der Waals surface area contributed by atoms with E-state index in [1.54, 1.807) is 17.5 Å². The van der Waals surface area contributed by atoms with Crippen LogP contribution in [0.15, 0.2) is 24.4 Å². The third-order valence-corrected chi connectivity index (χ3v) is 5.04. The van der Waals surface area contributed by atoms with Gasteiger partial charge in [-0.15, -0.1) is 11.3 Å². The first kappa shape index (κ1) is 14.5. The fourth-order valence-electron chi connectivity index (χ4n) is 2.68. The molecule has 1 aliphatic rings. The molecule has 3 rings (SSSR count). The highest BCUT2D eigenvalue weighted by Crippen LogP contribution is 2.36. The molecule has 0 spiro atoms. The number of amides is 1. The molecule has 22 heavy (non-hydrogen) atoms. The molecule has 2 aromatic heterocycles. The van der Waals surface area contributed by atoms with E-state index in [9.17, 15) is 10.1 Å². The molecule has 112 valence electrons. The largest absolute Gasteiger partial charge is 0.379 e. The molecule has 0 saturated carbocycles. The lowest BCUT2D eigenvalue weighted by atomic mass is 10.0. The predicted octanol–water partition coefficient (Wildman–Crippen LogP) is 2.18. The molecule has 1 N–H and O–H groups in total. The van der Waals surface area contributed by atoms with Crippen LogP contribution < -0.4 is 5.32 Å². The summed E-state index contributed by atoms with van der Waals surface area (Å²) >= 11 is 1.57. The second-order valence-corrected chi connectivity index (χ2v) is 6.24. The monoisotopic (exact) mass is 312 g/mol. The topological polar surface area (TPSA) is 69.0 Å². The van der Waals surface area contributed by atoms with E-state index in [-0.39, 0.29) is 5.91 Å². The molecular formula is C16H16N4OS. The average Bonchev–Trinajstić information content (AvgIpc) is 2.92. The van der Waals surface area contributed by atoms with Crippen molar-refractivity contribution in [1.29, 1.82) is 5.26 Å². The molecule has 1 amide bonds. The zero-order chi connectivity index (χ0) is 15.5. The third kappa shape index (κ3) is 2.68. The maximum absolute atomic E-state index is 12.4. The standard InChI is InChI=1S/C16H16N4OS/c1-18-16-13(9-17)12-5-7-20(10-14(12)22-16)15(21)8-11-4-2-3-6-19-11/h2-4,6,18H,5,7-8,10H2,1H3. The Labute approximate surface area is 133 Å². The predicted molar refractivity (Wildman–Crippen MR) is 85.6 cm³/mol. The molecule has 0 saturated heterocycles. The van der Waals surface area contributed by atoms with Gasteiger partial charge in [0.15, 0.2) is 0 Å². The molecule has 0 unspecified atom stereocenters. The van der Waals surface area contributed by atoms with E-state index in [1.807, 2.05) is 30.1 Å². The number of nitriles is 1. The maximum Gasteiger partial charge on any atom is 0.228 e.